The lowest BCUT2D eigenvalue weighted by Crippen LogP contribution is -2.27. The molecule has 0 heterocycles. The normalized spacial score (nSPS) is 18.3. The number of nitrogens with one attached hydrogen (secondary N) is 1. The predicted molar refractivity (Wildman–Crippen MR) is 131 cm³/mol. The average Bonchev–Trinajstić information content (AvgIpc) is 3.36. The molecule has 176 valence electrons. The first-order valence-corrected chi connectivity index (χ1v) is 11.5. The average molecular weight is 544 g/mol. The summed E-state index contributed by atoms with van der Waals surface area (Å²) in [6.45, 7) is 0. The number of carbonyl (C=O) groups is 2. The van der Waals surface area contributed by atoms with Crippen molar-refractivity contribution in [1.82, 2.24) is 0 Å². The van der Waals surface area contributed by atoms with Crippen LogP contribution in [0.4, 0.5) is 20.2 Å². The summed E-state index contributed by atoms with van der Waals surface area (Å²) in [7, 11) is 1.43. The summed E-state index contributed by atoms with van der Waals surface area (Å²) < 4.78 is 26.3. The van der Waals surface area contributed by atoms with Gasteiger partial charge in [-0.3, -0.25) is 9.59 Å². The number of nitrogens with zero attached hydrogens (tertiary/aromatic N) is 1. The Bertz CT molecular complexity index is 1260. The Morgan fingerprint density at radius 1 is 0.941 bits per heavy atom. The highest BCUT2D eigenvalue weighted by molar-refractivity contribution is 6.53. The van der Waals surface area contributed by atoms with Crippen molar-refractivity contribution in [3.8, 4) is 0 Å². The van der Waals surface area contributed by atoms with Crippen LogP contribution < -0.4 is 10.2 Å². The van der Waals surface area contributed by atoms with Gasteiger partial charge in [-0.1, -0.05) is 23.2 Å². The molecule has 1 aliphatic rings. The summed E-state index contributed by atoms with van der Waals surface area (Å²) in [6, 6.07) is 13.6. The minimum atomic E-state index is -1.39. The van der Waals surface area contributed by atoms with Gasteiger partial charge in [-0.2, -0.15) is 0 Å². The first-order chi connectivity index (χ1) is 16.0. The number of halogens is 6. The van der Waals surface area contributed by atoms with Crippen LogP contribution in [0.25, 0.3) is 0 Å². The molecule has 1 N–H and O–H groups in total. The Balaban J connectivity index is 1.53. The van der Waals surface area contributed by atoms with E-state index in [0.717, 1.165) is 6.07 Å². The van der Waals surface area contributed by atoms with E-state index < -0.39 is 39.6 Å². The van der Waals surface area contributed by atoms with Gasteiger partial charge in [0.15, 0.2) is 0 Å². The first-order valence-electron chi connectivity index (χ1n) is 9.97. The van der Waals surface area contributed by atoms with Crippen molar-refractivity contribution in [2.24, 2.45) is 5.92 Å². The van der Waals surface area contributed by atoms with Crippen LogP contribution in [0.1, 0.15) is 21.8 Å². The molecule has 1 saturated carbocycles. The summed E-state index contributed by atoms with van der Waals surface area (Å²) in [5.74, 6) is -3.81. The van der Waals surface area contributed by atoms with Crippen LogP contribution in [0, 0.1) is 17.6 Å². The summed E-state index contributed by atoms with van der Waals surface area (Å²) in [6.07, 6.45) is 0. The van der Waals surface area contributed by atoms with E-state index in [1.165, 1.54) is 48.3 Å². The predicted octanol–water partition coefficient (Wildman–Crippen LogP) is 7.07. The molecule has 0 bridgehead atoms. The number of rotatable bonds is 5. The summed E-state index contributed by atoms with van der Waals surface area (Å²) in [5.41, 5.74) is 0.886. The van der Waals surface area contributed by atoms with Crippen molar-refractivity contribution in [2.75, 3.05) is 17.3 Å². The third kappa shape index (κ3) is 4.86. The summed E-state index contributed by atoms with van der Waals surface area (Å²) in [4.78, 5) is 27.0. The largest absolute Gasteiger partial charge is 0.326 e. The Morgan fingerprint density at radius 2 is 1.56 bits per heavy atom. The number of carbonyl (C=O) groups excluding carboxylic acids is 2. The molecule has 0 saturated heterocycles. The topological polar surface area (TPSA) is 49.4 Å². The highest BCUT2D eigenvalue weighted by atomic mass is 35.5. The van der Waals surface area contributed by atoms with Gasteiger partial charge >= 0.3 is 0 Å². The standard InChI is InChI=1S/C24H16Cl4F2N2O2/c1-32(17-5-2-15(29)3-6-17)23(34)18-11-16(4-7-19(18)30)31-22(33)21-20(24(21,27)28)12-8-13(25)10-14(26)9-12/h2-11,20-21H,1H3,(H,31,33)/t20-,21+/m1/s1. The second-order valence-electron chi connectivity index (χ2n) is 7.86. The fourth-order valence-corrected chi connectivity index (χ4v) is 5.14. The van der Waals surface area contributed by atoms with Crippen molar-refractivity contribution < 1.29 is 18.4 Å². The van der Waals surface area contributed by atoms with Crippen LogP contribution in [0.15, 0.2) is 60.7 Å². The Morgan fingerprint density at radius 3 is 2.18 bits per heavy atom. The SMILES string of the molecule is CN(C(=O)c1cc(NC(=O)[C@@H]2[C@@H](c3cc(Cl)cc(Cl)c3)C2(Cl)Cl)ccc1F)c1ccc(F)cc1. The van der Waals surface area contributed by atoms with Gasteiger partial charge in [-0.05, 0) is 66.2 Å². The zero-order valence-electron chi connectivity index (χ0n) is 17.5. The molecule has 1 fully saturated rings. The first kappa shape index (κ1) is 24.7. The van der Waals surface area contributed by atoms with Crippen LogP contribution in [0.3, 0.4) is 0 Å². The van der Waals surface area contributed by atoms with E-state index in [1.807, 2.05) is 0 Å². The van der Waals surface area contributed by atoms with Crippen molar-refractivity contribution in [3.05, 3.63) is 93.5 Å². The van der Waals surface area contributed by atoms with Gasteiger partial charge in [0.25, 0.3) is 5.91 Å². The molecule has 3 aromatic carbocycles. The van der Waals surface area contributed by atoms with Crippen molar-refractivity contribution in [1.29, 1.82) is 0 Å². The molecular weight excluding hydrogens is 528 g/mol. The monoisotopic (exact) mass is 542 g/mol. The summed E-state index contributed by atoms with van der Waals surface area (Å²) in [5, 5.41) is 3.39. The number of hydrogen-bond acceptors (Lipinski definition) is 2. The number of anilines is 2. The highest BCUT2D eigenvalue weighted by Gasteiger charge is 2.67. The van der Waals surface area contributed by atoms with Gasteiger partial charge in [0, 0.05) is 34.4 Å². The van der Waals surface area contributed by atoms with E-state index in [9.17, 15) is 18.4 Å². The maximum absolute atomic E-state index is 14.5. The number of benzene rings is 3. The zero-order valence-corrected chi connectivity index (χ0v) is 20.5. The molecule has 2 amide bonds. The maximum Gasteiger partial charge on any atom is 0.261 e. The van der Waals surface area contributed by atoms with Crippen molar-refractivity contribution in [2.45, 2.75) is 10.3 Å². The van der Waals surface area contributed by atoms with E-state index >= 15 is 0 Å². The zero-order chi connectivity index (χ0) is 24.8. The lowest BCUT2D eigenvalue weighted by Gasteiger charge is -2.18. The Labute approximate surface area is 214 Å². The van der Waals surface area contributed by atoms with E-state index in [-0.39, 0.29) is 11.3 Å². The van der Waals surface area contributed by atoms with Crippen LogP contribution in [-0.4, -0.2) is 23.2 Å². The molecule has 2 atom stereocenters. The fourth-order valence-electron chi connectivity index (χ4n) is 3.77. The van der Waals surface area contributed by atoms with Crippen molar-refractivity contribution in [3.63, 3.8) is 0 Å². The van der Waals surface area contributed by atoms with Gasteiger partial charge in [0.05, 0.1) is 11.5 Å². The van der Waals surface area contributed by atoms with Crippen LogP contribution in [0.2, 0.25) is 10.0 Å². The highest BCUT2D eigenvalue weighted by Crippen LogP contribution is 2.65. The molecule has 10 heteroatoms. The smallest absolute Gasteiger partial charge is 0.261 e. The van der Waals surface area contributed by atoms with Gasteiger partial charge in [-0.15, -0.1) is 23.2 Å². The van der Waals surface area contributed by atoms with Crippen LogP contribution >= 0.6 is 46.4 Å². The molecule has 0 unspecified atom stereocenters. The van der Waals surface area contributed by atoms with E-state index in [0.29, 0.717) is 21.3 Å². The second-order valence-corrected chi connectivity index (χ2v) is 10.2. The quantitative estimate of drug-likeness (QED) is 0.350. The van der Waals surface area contributed by atoms with Crippen LogP contribution in [-0.2, 0) is 4.79 Å². The van der Waals surface area contributed by atoms with Crippen LogP contribution in [0.5, 0.6) is 0 Å². The molecule has 0 aliphatic heterocycles. The number of alkyl halides is 2. The second kappa shape index (κ2) is 9.34. The van der Waals surface area contributed by atoms with E-state index in [1.54, 1.807) is 18.2 Å². The van der Waals surface area contributed by atoms with E-state index in [2.05, 4.69) is 5.32 Å². The van der Waals surface area contributed by atoms with Gasteiger partial charge in [-0.25, -0.2) is 8.78 Å². The molecule has 0 spiro atoms. The third-order valence-corrected chi connectivity index (χ3v) is 6.94. The van der Waals surface area contributed by atoms with Gasteiger partial charge < -0.3 is 10.2 Å². The van der Waals surface area contributed by atoms with Gasteiger partial charge in [0.2, 0.25) is 5.91 Å². The molecular formula is C24H16Cl4F2N2O2. The molecule has 0 radical (unpaired) electrons. The minimum Gasteiger partial charge on any atom is -0.326 e. The molecule has 4 nitrogen and oxygen atoms in total. The molecule has 4 rings (SSSR count). The molecule has 34 heavy (non-hydrogen) atoms. The lowest BCUT2D eigenvalue weighted by atomic mass is 10.1. The maximum atomic E-state index is 14.5. The minimum absolute atomic E-state index is 0.182. The van der Waals surface area contributed by atoms with Crippen molar-refractivity contribution >= 4 is 69.6 Å². The van der Waals surface area contributed by atoms with Gasteiger partial charge in [0.1, 0.15) is 16.0 Å². The molecule has 3 aromatic rings. The molecule has 0 aromatic heterocycles. The number of amides is 2. The Hall–Kier alpha value is -2.38. The number of hydrogen-bond donors (Lipinski definition) is 1. The lowest BCUT2D eigenvalue weighted by molar-refractivity contribution is -0.117. The fraction of sp³-hybridized carbons (Fsp3) is 0.167. The Kier molecular flexibility index (Phi) is 6.80. The third-order valence-electron chi connectivity index (χ3n) is 5.56. The molecule has 1 aliphatic carbocycles. The van der Waals surface area contributed by atoms with E-state index in [4.69, 9.17) is 46.4 Å². The summed E-state index contributed by atoms with van der Waals surface area (Å²) >= 11 is 24.8.